The molecule has 0 fully saturated rings. The first-order valence-electron chi connectivity index (χ1n) is 8.71. The molecule has 0 spiro atoms. The highest BCUT2D eigenvalue weighted by Gasteiger charge is 2.21. The lowest BCUT2D eigenvalue weighted by Gasteiger charge is -2.24. The van der Waals surface area contributed by atoms with Crippen LogP contribution in [0.1, 0.15) is 11.1 Å². The third kappa shape index (κ3) is 4.45. The van der Waals surface area contributed by atoms with Gasteiger partial charge in [0.1, 0.15) is 12.6 Å². The Morgan fingerprint density at radius 2 is 1.86 bits per heavy atom. The predicted octanol–water partition coefficient (Wildman–Crippen LogP) is 2.31. The van der Waals surface area contributed by atoms with Gasteiger partial charge in [0.15, 0.2) is 0 Å². The van der Waals surface area contributed by atoms with Crippen LogP contribution in [0, 0.1) is 11.3 Å². The van der Waals surface area contributed by atoms with Crippen molar-refractivity contribution in [1.82, 2.24) is 9.13 Å². The Bertz CT molecular complexity index is 1210. The van der Waals surface area contributed by atoms with Crippen LogP contribution in [-0.4, -0.2) is 15.0 Å². The van der Waals surface area contributed by atoms with E-state index in [2.05, 4.69) is 6.07 Å². The molecule has 0 aliphatic carbocycles. The zero-order valence-electron chi connectivity index (χ0n) is 15.6. The molecule has 0 N–H and O–H groups in total. The van der Waals surface area contributed by atoms with E-state index in [4.69, 9.17) is 11.6 Å². The molecule has 1 aromatic heterocycles. The molecule has 2 aromatic carbocycles. The number of halogens is 1. The van der Waals surface area contributed by atoms with Gasteiger partial charge in [-0.15, -0.1) is 0 Å². The van der Waals surface area contributed by atoms with Gasteiger partial charge in [-0.1, -0.05) is 41.9 Å². The number of rotatable bonds is 5. The van der Waals surface area contributed by atoms with Crippen LogP contribution in [0.4, 0.5) is 5.69 Å². The van der Waals surface area contributed by atoms with E-state index in [1.165, 1.54) is 24.2 Å². The highest BCUT2D eigenvalue weighted by Crippen LogP contribution is 2.26. The average Bonchev–Trinajstić information content (AvgIpc) is 2.73. The van der Waals surface area contributed by atoms with E-state index in [0.29, 0.717) is 10.7 Å². The summed E-state index contributed by atoms with van der Waals surface area (Å²) in [7, 11) is 1.35. The fourth-order valence-corrected chi connectivity index (χ4v) is 3.03. The number of anilines is 1. The molecular weight excluding hydrogens is 392 g/mol. The van der Waals surface area contributed by atoms with Crippen molar-refractivity contribution in [2.24, 2.45) is 7.05 Å². The van der Waals surface area contributed by atoms with Crippen LogP contribution < -0.4 is 16.1 Å². The summed E-state index contributed by atoms with van der Waals surface area (Å²) in [5.74, 6) is -0.423. The number of hydrogen-bond acceptors (Lipinski definition) is 4. The second-order valence-electron chi connectivity index (χ2n) is 6.36. The van der Waals surface area contributed by atoms with Gasteiger partial charge in [0.2, 0.25) is 5.91 Å². The molecule has 29 heavy (non-hydrogen) atoms. The molecule has 0 bridgehead atoms. The lowest BCUT2D eigenvalue weighted by atomic mass is 10.1. The Balaban J connectivity index is 2.04. The van der Waals surface area contributed by atoms with Crippen molar-refractivity contribution in [3.8, 4) is 6.07 Å². The van der Waals surface area contributed by atoms with Gasteiger partial charge in [-0.25, -0.2) is 4.79 Å². The number of hydrogen-bond donors (Lipinski definition) is 0. The van der Waals surface area contributed by atoms with Gasteiger partial charge in [0.25, 0.3) is 5.56 Å². The van der Waals surface area contributed by atoms with E-state index in [1.807, 2.05) is 30.3 Å². The van der Waals surface area contributed by atoms with E-state index < -0.39 is 17.2 Å². The van der Waals surface area contributed by atoms with Gasteiger partial charge in [-0.05, 0) is 23.8 Å². The summed E-state index contributed by atoms with van der Waals surface area (Å²) >= 11 is 6.11. The van der Waals surface area contributed by atoms with Crippen LogP contribution in [0.25, 0.3) is 0 Å². The summed E-state index contributed by atoms with van der Waals surface area (Å²) in [6.45, 7) is -0.105. The fraction of sp³-hybridized carbons (Fsp3) is 0.143. The van der Waals surface area contributed by atoms with Crippen molar-refractivity contribution < 1.29 is 4.79 Å². The summed E-state index contributed by atoms with van der Waals surface area (Å²) < 4.78 is 2.08. The number of benzene rings is 2. The number of nitriles is 1. The van der Waals surface area contributed by atoms with Crippen LogP contribution >= 0.6 is 11.6 Å². The first-order valence-corrected chi connectivity index (χ1v) is 9.09. The molecule has 0 aliphatic heterocycles. The number of carbonyl (C=O) groups excluding carboxylic acids is 1. The Morgan fingerprint density at radius 3 is 2.55 bits per heavy atom. The summed E-state index contributed by atoms with van der Waals surface area (Å²) in [6.07, 6.45) is 1.28. The first-order chi connectivity index (χ1) is 13.9. The third-order valence-electron chi connectivity index (χ3n) is 4.42. The highest BCUT2D eigenvalue weighted by molar-refractivity contribution is 6.31. The monoisotopic (exact) mass is 408 g/mol. The summed E-state index contributed by atoms with van der Waals surface area (Å²) in [4.78, 5) is 38.5. The molecule has 3 rings (SSSR count). The van der Waals surface area contributed by atoms with Gasteiger partial charge in [0.05, 0.1) is 17.8 Å². The molecule has 0 aliphatic rings. The summed E-state index contributed by atoms with van der Waals surface area (Å²) in [5.41, 5.74) is 0.425. The topological polar surface area (TPSA) is 88.1 Å². The maximum absolute atomic E-state index is 13.2. The molecular formula is C21H17ClN4O3. The third-order valence-corrected chi connectivity index (χ3v) is 4.66. The number of amides is 1. The van der Waals surface area contributed by atoms with Crippen LogP contribution in [-0.2, 0) is 24.9 Å². The summed E-state index contributed by atoms with van der Waals surface area (Å²) in [6, 6.07) is 17.2. The zero-order chi connectivity index (χ0) is 21.0. The number of carbonyl (C=O) groups is 1. The minimum Gasteiger partial charge on any atom is -0.305 e. The van der Waals surface area contributed by atoms with Gasteiger partial charge >= 0.3 is 5.69 Å². The molecule has 7 nitrogen and oxygen atoms in total. The van der Waals surface area contributed by atoms with Crippen molar-refractivity contribution in [1.29, 1.82) is 5.26 Å². The standard InChI is InChI=1S/C21H17ClN4O3/c1-24-19(27)9-10-25(21(24)29)14-20(28)26(13-15-5-3-2-4-6-15)18-11-17(22)8-7-16(18)12-23/h2-11H,13-14H2,1H3. The van der Waals surface area contributed by atoms with Gasteiger partial charge < -0.3 is 4.90 Å². The second kappa shape index (κ2) is 8.59. The van der Waals surface area contributed by atoms with Crippen molar-refractivity contribution in [3.63, 3.8) is 0 Å². The maximum atomic E-state index is 13.2. The quantitative estimate of drug-likeness (QED) is 0.648. The smallest absolute Gasteiger partial charge is 0.305 e. The fourth-order valence-electron chi connectivity index (χ4n) is 2.86. The van der Waals surface area contributed by atoms with Crippen molar-refractivity contribution in [2.45, 2.75) is 13.1 Å². The van der Waals surface area contributed by atoms with E-state index >= 15 is 0 Å². The lowest BCUT2D eigenvalue weighted by Crippen LogP contribution is -2.41. The Hall–Kier alpha value is -3.63. The first kappa shape index (κ1) is 20.1. The van der Waals surface area contributed by atoms with E-state index in [-0.39, 0.29) is 18.7 Å². The van der Waals surface area contributed by atoms with Crippen LogP contribution in [0.5, 0.6) is 0 Å². The molecule has 0 unspecified atom stereocenters. The van der Waals surface area contributed by atoms with Crippen LogP contribution in [0.2, 0.25) is 5.02 Å². The molecule has 146 valence electrons. The number of nitrogens with zero attached hydrogens (tertiary/aromatic N) is 4. The Morgan fingerprint density at radius 1 is 1.14 bits per heavy atom. The van der Waals surface area contributed by atoms with Crippen molar-refractivity contribution in [2.75, 3.05) is 4.90 Å². The predicted molar refractivity (Wildman–Crippen MR) is 110 cm³/mol. The zero-order valence-corrected chi connectivity index (χ0v) is 16.3. The lowest BCUT2D eigenvalue weighted by molar-refractivity contribution is -0.119. The van der Waals surface area contributed by atoms with E-state index in [0.717, 1.165) is 14.7 Å². The van der Waals surface area contributed by atoms with E-state index in [9.17, 15) is 19.6 Å². The van der Waals surface area contributed by atoms with Gasteiger partial charge in [-0.3, -0.25) is 18.7 Å². The SMILES string of the molecule is Cn1c(=O)ccn(CC(=O)N(Cc2ccccc2)c2cc(Cl)ccc2C#N)c1=O. The average molecular weight is 409 g/mol. The second-order valence-corrected chi connectivity index (χ2v) is 6.80. The van der Waals surface area contributed by atoms with Crippen molar-refractivity contribution >= 4 is 23.2 Å². The minimum absolute atomic E-state index is 0.190. The van der Waals surface area contributed by atoms with Crippen molar-refractivity contribution in [3.05, 3.63) is 97.8 Å². The van der Waals surface area contributed by atoms with Crippen LogP contribution in [0.3, 0.4) is 0 Å². The van der Waals surface area contributed by atoms with Gasteiger partial charge in [-0.2, -0.15) is 5.26 Å². The minimum atomic E-state index is -0.600. The molecule has 1 amide bonds. The largest absolute Gasteiger partial charge is 0.331 e. The molecule has 0 saturated carbocycles. The Kier molecular flexibility index (Phi) is 5.96. The van der Waals surface area contributed by atoms with Crippen LogP contribution in [0.15, 0.2) is 70.4 Å². The molecule has 0 saturated heterocycles. The molecule has 3 aromatic rings. The highest BCUT2D eigenvalue weighted by atomic mass is 35.5. The normalized spacial score (nSPS) is 10.4. The molecule has 0 radical (unpaired) electrons. The molecule has 0 atom stereocenters. The summed E-state index contributed by atoms with van der Waals surface area (Å²) in [5, 5.41) is 9.86. The molecule has 1 heterocycles. The van der Waals surface area contributed by atoms with E-state index in [1.54, 1.807) is 18.2 Å². The molecule has 8 heteroatoms. The number of aromatic nitrogens is 2. The van der Waals surface area contributed by atoms with Gasteiger partial charge in [0, 0.05) is 24.3 Å². The Labute approximate surface area is 171 Å². The maximum Gasteiger partial charge on any atom is 0.331 e.